The predicted molar refractivity (Wildman–Crippen MR) is 105 cm³/mol. The Labute approximate surface area is 162 Å². The fourth-order valence-electron chi connectivity index (χ4n) is 3.28. The molecule has 4 N–H and O–H groups in total. The van der Waals surface area contributed by atoms with E-state index in [0.29, 0.717) is 17.7 Å². The van der Waals surface area contributed by atoms with Crippen LogP contribution in [0, 0.1) is 11.3 Å². The van der Waals surface area contributed by atoms with Gasteiger partial charge in [0, 0.05) is 17.7 Å². The second kappa shape index (κ2) is 8.06. The molecule has 0 bridgehead atoms. The Kier molecular flexibility index (Phi) is 5.17. The first kappa shape index (κ1) is 17.9. The number of ether oxygens (including phenoxy) is 1. The van der Waals surface area contributed by atoms with Crippen molar-refractivity contribution >= 4 is 11.6 Å². The van der Waals surface area contributed by atoms with Gasteiger partial charge in [0.15, 0.2) is 11.5 Å². The number of nitriles is 1. The molecule has 2 heterocycles. The Morgan fingerprint density at radius 1 is 1.11 bits per heavy atom. The molecule has 8 nitrogen and oxygen atoms in total. The molecular formula is C20H21N7O. The summed E-state index contributed by atoms with van der Waals surface area (Å²) >= 11 is 0. The van der Waals surface area contributed by atoms with Crippen LogP contribution >= 0.6 is 0 Å². The van der Waals surface area contributed by atoms with Crippen molar-refractivity contribution in [3.05, 3.63) is 48.4 Å². The first-order valence-corrected chi connectivity index (χ1v) is 9.27. The van der Waals surface area contributed by atoms with Crippen molar-refractivity contribution < 1.29 is 4.74 Å². The van der Waals surface area contributed by atoms with Crippen LogP contribution in [0.5, 0.6) is 5.75 Å². The van der Waals surface area contributed by atoms with E-state index in [1.165, 1.54) is 12.4 Å². The lowest BCUT2D eigenvalue weighted by molar-refractivity contribution is 0.148. The van der Waals surface area contributed by atoms with Crippen LogP contribution in [0.1, 0.15) is 31.4 Å². The van der Waals surface area contributed by atoms with Crippen LogP contribution in [0.15, 0.2) is 42.7 Å². The molecule has 1 saturated carbocycles. The number of nitrogens with two attached hydrogens (primary N) is 1. The summed E-state index contributed by atoms with van der Waals surface area (Å²) in [6, 6.07) is 12.0. The van der Waals surface area contributed by atoms with Crippen molar-refractivity contribution in [2.75, 3.05) is 5.32 Å². The first-order valence-electron chi connectivity index (χ1n) is 9.27. The summed E-state index contributed by atoms with van der Waals surface area (Å²) in [5.74, 6) is 1.95. The van der Waals surface area contributed by atoms with Gasteiger partial charge in [-0.15, -0.1) is 0 Å². The van der Waals surface area contributed by atoms with Crippen molar-refractivity contribution in [2.24, 2.45) is 5.73 Å². The van der Waals surface area contributed by atoms with E-state index in [-0.39, 0.29) is 11.8 Å². The SMILES string of the molecule is N#Cc1cnc(Nc2cc(-c3ccccc3O[C@H]3CC[C@@H](N)CC3)[nH]n2)cn1. The van der Waals surface area contributed by atoms with Gasteiger partial charge in [-0.3, -0.25) is 5.10 Å². The van der Waals surface area contributed by atoms with E-state index in [2.05, 4.69) is 25.5 Å². The molecule has 142 valence electrons. The molecule has 0 radical (unpaired) electrons. The van der Waals surface area contributed by atoms with Crippen LogP contribution in [-0.2, 0) is 0 Å². The van der Waals surface area contributed by atoms with E-state index in [1.54, 1.807) is 0 Å². The summed E-state index contributed by atoms with van der Waals surface area (Å²) in [4.78, 5) is 8.13. The molecule has 0 spiro atoms. The fraction of sp³-hybridized carbons (Fsp3) is 0.300. The highest BCUT2D eigenvalue weighted by Gasteiger charge is 2.21. The third-order valence-electron chi connectivity index (χ3n) is 4.79. The van der Waals surface area contributed by atoms with Gasteiger partial charge in [0.1, 0.15) is 17.6 Å². The van der Waals surface area contributed by atoms with Gasteiger partial charge in [-0.2, -0.15) is 10.4 Å². The number of aromatic amines is 1. The zero-order valence-electron chi connectivity index (χ0n) is 15.3. The summed E-state index contributed by atoms with van der Waals surface area (Å²) in [5.41, 5.74) is 8.05. The quantitative estimate of drug-likeness (QED) is 0.625. The summed E-state index contributed by atoms with van der Waals surface area (Å²) in [7, 11) is 0. The summed E-state index contributed by atoms with van der Waals surface area (Å²) in [5, 5.41) is 19.2. The van der Waals surface area contributed by atoms with Crippen LogP contribution in [0.4, 0.5) is 11.6 Å². The maximum absolute atomic E-state index is 8.80. The topological polar surface area (TPSA) is 126 Å². The summed E-state index contributed by atoms with van der Waals surface area (Å²) in [6.07, 6.45) is 7.04. The van der Waals surface area contributed by atoms with Gasteiger partial charge in [-0.25, -0.2) is 9.97 Å². The molecule has 1 aliphatic rings. The summed E-state index contributed by atoms with van der Waals surface area (Å²) < 4.78 is 6.27. The minimum absolute atomic E-state index is 0.190. The molecule has 0 saturated heterocycles. The van der Waals surface area contributed by atoms with Gasteiger partial charge in [-0.1, -0.05) is 12.1 Å². The highest BCUT2D eigenvalue weighted by Crippen LogP contribution is 2.32. The Morgan fingerprint density at radius 2 is 1.93 bits per heavy atom. The molecule has 0 unspecified atom stereocenters. The van der Waals surface area contributed by atoms with E-state index in [9.17, 15) is 0 Å². The average Bonchev–Trinajstić information content (AvgIpc) is 3.19. The number of benzene rings is 1. The van der Waals surface area contributed by atoms with Gasteiger partial charge in [0.05, 0.1) is 24.2 Å². The number of para-hydroxylation sites is 1. The Morgan fingerprint density at radius 3 is 2.68 bits per heavy atom. The van der Waals surface area contributed by atoms with Crippen molar-refractivity contribution in [1.82, 2.24) is 20.2 Å². The lowest BCUT2D eigenvalue weighted by Crippen LogP contribution is -2.31. The van der Waals surface area contributed by atoms with Crippen LogP contribution in [0.25, 0.3) is 11.3 Å². The smallest absolute Gasteiger partial charge is 0.158 e. The zero-order chi connectivity index (χ0) is 19.3. The molecule has 28 heavy (non-hydrogen) atoms. The number of hydrogen-bond donors (Lipinski definition) is 3. The van der Waals surface area contributed by atoms with Gasteiger partial charge in [0.25, 0.3) is 0 Å². The highest BCUT2D eigenvalue weighted by atomic mass is 16.5. The Bertz CT molecular complexity index is 969. The van der Waals surface area contributed by atoms with Gasteiger partial charge in [0.2, 0.25) is 0 Å². The number of nitrogens with one attached hydrogen (secondary N) is 2. The highest BCUT2D eigenvalue weighted by molar-refractivity contribution is 5.70. The summed E-state index contributed by atoms with van der Waals surface area (Å²) in [6.45, 7) is 0. The second-order valence-electron chi connectivity index (χ2n) is 6.84. The van der Waals surface area contributed by atoms with Crippen molar-refractivity contribution in [3.8, 4) is 23.1 Å². The zero-order valence-corrected chi connectivity index (χ0v) is 15.3. The third kappa shape index (κ3) is 4.10. The standard InChI is InChI=1S/C20H21N7O/c21-10-14-11-24-20(12-23-14)25-19-9-17(26-27-19)16-3-1-2-4-18(16)28-15-7-5-13(22)6-8-15/h1-4,9,11-13,15H,5-8,22H2,(H2,24,25,26,27)/t13-,15+. The van der Waals surface area contributed by atoms with Gasteiger partial charge >= 0.3 is 0 Å². The molecule has 0 atom stereocenters. The minimum atomic E-state index is 0.190. The first-order chi connectivity index (χ1) is 13.7. The van der Waals surface area contributed by atoms with Crippen molar-refractivity contribution in [1.29, 1.82) is 5.26 Å². The van der Waals surface area contributed by atoms with Crippen LogP contribution in [-0.4, -0.2) is 32.3 Å². The molecular weight excluding hydrogens is 354 g/mol. The molecule has 3 aromatic rings. The van der Waals surface area contributed by atoms with E-state index in [4.69, 9.17) is 15.7 Å². The molecule has 0 aliphatic heterocycles. The molecule has 4 rings (SSSR count). The monoisotopic (exact) mass is 375 g/mol. The third-order valence-corrected chi connectivity index (χ3v) is 4.79. The number of nitrogens with zero attached hydrogens (tertiary/aromatic N) is 4. The normalized spacial score (nSPS) is 19.0. The molecule has 8 heteroatoms. The van der Waals surface area contributed by atoms with Gasteiger partial charge < -0.3 is 15.8 Å². The Balaban J connectivity index is 1.49. The van der Waals surface area contributed by atoms with Crippen molar-refractivity contribution in [3.63, 3.8) is 0 Å². The largest absolute Gasteiger partial charge is 0.490 e. The van der Waals surface area contributed by atoms with Gasteiger partial charge in [-0.05, 0) is 37.8 Å². The van der Waals surface area contributed by atoms with E-state index in [1.807, 2.05) is 36.4 Å². The van der Waals surface area contributed by atoms with E-state index >= 15 is 0 Å². The number of aromatic nitrogens is 4. The van der Waals surface area contributed by atoms with Crippen LogP contribution in [0.2, 0.25) is 0 Å². The number of hydrogen-bond acceptors (Lipinski definition) is 7. The lowest BCUT2D eigenvalue weighted by Gasteiger charge is -2.27. The number of H-pyrrole nitrogens is 1. The molecule has 1 aromatic carbocycles. The van der Waals surface area contributed by atoms with Crippen LogP contribution < -0.4 is 15.8 Å². The maximum atomic E-state index is 8.80. The fourth-order valence-corrected chi connectivity index (χ4v) is 3.28. The maximum Gasteiger partial charge on any atom is 0.158 e. The predicted octanol–water partition coefficient (Wildman–Crippen LogP) is 3.13. The molecule has 1 fully saturated rings. The van der Waals surface area contributed by atoms with Crippen LogP contribution in [0.3, 0.4) is 0 Å². The second-order valence-corrected chi connectivity index (χ2v) is 6.84. The Hall–Kier alpha value is -3.44. The molecule has 2 aromatic heterocycles. The van der Waals surface area contributed by atoms with E-state index in [0.717, 1.165) is 42.7 Å². The van der Waals surface area contributed by atoms with Crippen molar-refractivity contribution in [2.45, 2.75) is 37.8 Å². The molecule has 1 aliphatic carbocycles. The molecule has 0 amide bonds. The lowest BCUT2D eigenvalue weighted by atomic mass is 9.93. The van der Waals surface area contributed by atoms with E-state index < -0.39 is 0 Å². The average molecular weight is 375 g/mol. The number of rotatable bonds is 5. The minimum Gasteiger partial charge on any atom is -0.490 e. The number of anilines is 2.